The lowest BCUT2D eigenvalue weighted by atomic mass is 10.2. The summed E-state index contributed by atoms with van der Waals surface area (Å²) in [6.45, 7) is 0. The predicted molar refractivity (Wildman–Crippen MR) is 98.3 cm³/mol. The van der Waals surface area contributed by atoms with Gasteiger partial charge < -0.3 is 10.6 Å². The van der Waals surface area contributed by atoms with Crippen LogP contribution in [0.1, 0.15) is 10.5 Å². The largest absolute Gasteiger partial charge is 0.353 e. The first-order valence-electron chi connectivity index (χ1n) is 7.27. The number of hydrogen-bond acceptors (Lipinski definition) is 3. The van der Waals surface area contributed by atoms with Gasteiger partial charge in [0, 0.05) is 17.6 Å². The smallest absolute Gasteiger partial charge is 0.274 e. The Balaban J connectivity index is 1.77. The lowest BCUT2D eigenvalue weighted by Gasteiger charge is -2.09. The Kier molecular flexibility index (Phi) is 5.16. The molecule has 7 heteroatoms. The third kappa shape index (κ3) is 4.26. The van der Waals surface area contributed by atoms with Crippen LogP contribution in [0.5, 0.6) is 0 Å². The van der Waals surface area contributed by atoms with Crippen molar-refractivity contribution in [2.24, 2.45) is 0 Å². The fraction of sp³-hybridized carbons (Fsp3) is 0. The summed E-state index contributed by atoms with van der Waals surface area (Å²) in [6.07, 6.45) is 1.47. The van der Waals surface area contributed by atoms with Crippen molar-refractivity contribution in [2.75, 3.05) is 10.6 Å². The highest BCUT2D eigenvalue weighted by Crippen LogP contribution is 2.25. The van der Waals surface area contributed by atoms with Crippen LogP contribution in [0.25, 0.3) is 0 Å². The van der Waals surface area contributed by atoms with Gasteiger partial charge in [0.2, 0.25) is 0 Å². The molecule has 126 valence electrons. The van der Waals surface area contributed by atoms with Gasteiger partial charge in [-0.05, 0) is 42.5 Å². The Morgan fingerprint density at radius 2 is 1.76 bits per heavy atom. The summed E-state index contributed by atoms with van der Waals surface area (Å²) in [4.78, 5) is 16.4. The van der Waals surface area contributed by atoms with Crippen LogP contribution in [0, 0.1) is 5.82 Å². The highest BCUT2D eigenvalue weighted by atomic mass is 35.5. The number of amides is 1. The molecule has 3 rings (SSSR count). The first-order valence-corrected chi connectivity index (χ1v) is 8.02. The zero-order chi connectivity index (χ0) is 17.8. The van der Waals surface area contributed by atoms with Crippen molar-refractivity contribution < 1.29 is 9.18 Å². The molecule has 0 saturated heterocycles. The number of aromatic nitrogens is 1. The van der Waals surface area contributed by atoms with Crippen molar-refractivity contribution >= 4 is 46.2 Å². The summed E-state index contributed by atoms with van der Waals surface area (Å²) in [5, 5.41) is 6.33. The van der Waals surface area contributed by atoms with Crippen LogP contribution in [0.4, 0.5) is 21.5 Å². The van der Waals surface area contributed by atoms with Crippen molar-refractivity contribution in [3.63, 3.8) is 0 Å². The zero-order valence-electron chi connectivity index (χ0n) is 12.8. The monoisotopic (exact) mass is 375 g/mol. The third-order valence-electron chi connectivity index (χ3n) is 3.32. The average molecular weight is 376 g/mol. The molecule has 25 heavy (non-hydrogen) atoms. The molecule has 0 fully saturated rings. The maximum absolute atomic E-state index is 13.7. The topological polar surface area (TPSA) is 54.0 Å². The molecular weight excluding hydrogens is 364 g/mol. The van der Waals surface area contributed by atoms with E-state index >= 15 is 0 Å². The minimum Gasteiger partial charge on any atom is -0.353 e. The van der Waals surface area contributed by atoms with Gasteiger partial charge in [0.15, 0.2) is 0 Å². The van der Waals surface area contributed by atoms with Crippen LogP contribution in [0.3, 0.4) is 0 Å². The number of benzene rings is 2. The highest BCUT2D eigenvalue weighted by Gasteiger charge is 2.10. The van der Waals surface area contributed by atoms with Crippen LogP contribution < -0.4 is 10.6 Å². The van der Waals surface area contributed by atoms with E-state index in [1.54, 1.807) is 42.5 Å². The van der Waals surface area contributed by atoms with Gasteiger partial charge in [0.05, 0.1) is 15.7 Å². The van der Waals surface area contributed by atoms with Crippen LogP contribution >= 0.6 is 23.2 Å². The van der Waals surface area contributed by atoms with E-state index in [1.807, 2.05) is 0 Å². The van der Waals surface area contributed by atoms with E-state index < -0.39 is 5.91 Å². The van der Waals surface area contributed by atoms with Crippen LogP contribution in [-0.4, -0.2) is 10.9 Å². The molecule has 0 aliphatic rings. The Hall–Kier alpha value is -2.63. The summed E-state index contributed by atoms with van der Waals surface area (Å²) < 4.78 is 13.7. The molecule has 2 aromatic carbocycles. The standard InChI is InChI=1S/C18H12Cl2FN3O/c19-13-6-5-11(9-14(13)20)24-18(25)17-10-12(7-8-22-17)23-16-4-2-1-3-15(16)21/h1-10H,(H,22,23)(H,24,25). The van der Waals surface area contributed by atoms with E-state index in [0.29, 0.717) is 27.1 Å². The Morgan fingerprint density at radius 1 is 0.960 bits per heavy atom. The van der Waals surface area contributed by atoms with Gasteiger partial charge in [0.25, 0.3) is 5.91 Å². The fourth-order valence-electron chi connectivity index (χ4n) is 2.12. The number of halogens is 3. The molecule has 0 spiro atoms. The Morgan fingerprint density at radius 3 is 2.52 bits per heavy atom. The van der Waals surface area contributed by atoms with Crippen LogP contribution in [0.15, 0.2) is 60.8 Å². The summed E-state index contributed by atoms with van der Waals surface area (Å²) in [5.41, 5.74) is 1.52. The number of carbonyl (C=O) groups is 1. The molecule has 2 N–H and O–H groups in total. The number of rotatable bonds is 4. The molecule has 3 aromatic rings. The summed E-state index contributed by atoms with van der Waals surface area (Å²) in [7, 11) is 0. The molecular formula is C18H12Cl2FN3O. The number of para-hydroxylation sites is 1. The molecule has 0 saturated carbocycles. The lowest BCUT2D eigenvalue weighted by molar-refractivity contribution is 0.102. The van der Waals surface area contributed by atoms with Crippen molar-refractivity contribution in [3.8, 4) is 0 Å². The van der Waals surface area contributed by atoms with Gasteiger partial charge in [-0.1, -0.05) is 35.3 Å². The van der Waals surface area contributed by atoms with E-state index in [9.17, 15) is 9.18 Å². The predicted octanol–water partition coefficient (Wildman–Crippen LogP) is 5.52. The number of anilines is 3. The molecule has 1 amide bonds. The molecule has 0 aliphatic heterocycles. The average Bonchev–Trinajstić information content (AvgIpc) is 2.60. The minimum atomic E-state index is -0.421. The van der Waals surface area contributed by atoms with Crippen molar-refractivity contribution in [3.05, 3.63) is 82.4 Å². The summed E-state index contributed by atoms with van der Waals surface area (Å²) in [5.74, 6) is -0.809. The van der Waals surface area contributed by atoms with Crippen molar-refractivity contribution in [1.82, 2.24) is 4.98 Å². The summed E-state index contributed by atoms with van der Waals surface area (Å²) in [6, 6.07) is 14.2. The third-order valence-corrected chi connectivity index (χ3v) is 4.06. The molecule has 0 radical (unpaired) electrons. The van der Waals surface area contributed by atoms with Gasteiger partial charge >= 0.3 is 0 Å². The SMILES string of the molecule is O=C(Nc1ccc(Cl)c(Cl)c1)c1cc(Nc2ccccc2F)ccn1. The number of nitrogens with one attached hydrogen (secondary N) is 2. The minimum absolute atomic E-state index is 0.174. The first kappa shape index (κ1) is 17.2. The van der Waals surface area contributed by atoms with E-state index in [1.165, 1.54) is 18.3 Å². The number of nitrogens with zero attached hydrogens (tertiary/aromatic N) is 1. The van der Waals surface area contributed by atoms with Gasteiger partial charge in [-0.25, -0.2) is 4.39 Å². The fourth-order valence-corrected chi connectivity index (χ4v) is 2.42. The number of pyridine rings is 1. The normalized spacial score (nSPS) is 10.4. The van der Waals surface area contributed by atoms with Crippen molar-refractivity contribution in [2.45, 2.75) is 0 Å². The van der Waals surface area contributed by atoms with Crippen LogP contribution in [-0.2, 0) is 0 Å². The molecule has 0 aliphatic carbocycles. The van der Waals surface area contributed by atoms with Gasteiger partial charge in [-0.2, -0.15) is 0 Å². The van der Waals surface area contributed by atoms with Gasteiger partial charge in [-0.15, -0.1) is 0 Å². The zero-order valence-corrected chi connectivity index (χ0v) is 14.3. The quantitative estimate of drug-likeness (QED) is 0.630. The number of carbonyl (C=O) groups excluding carboxylic acids is 1. The first-order chi connectivity index (χ1) is 12.0. The molecule has 0 bridgehead atoms. The maximum Gasteiger partial charge on any atom is 0.274 e. The second-order valence-electron chi connectivity index (χ2n) is 5.12. The molecule has 1 heterocycles. The molecule has 4 nitrogen and oxygen atoms in total. The Bertz CT molecular complexity index is 934. The van der Waals surface area contributed by atoms with Gasteiger partial charge in [-0.3, -0.25) is 9.78 Å². The van der Waals surface area contributed by atoms with E-state index in [2.05, 4.69) is 15.6 Å². The maximum atomic E-state index is 13.7. The lowest BCUT2D eigenvalue weighted by Crippen LogP contribution is -2.13. The second kappa shape index (κ2) is 7.51. The van der Waals surface area contributed by atoms with Crippen LogP contribution in [0.2, 0.25) is 10.0 Å². The van der Waals surface area contributed by atoms with E-state index in [-0.39, 0.29) is 11.5 Å². The summed E-state index contributed by atoms with van der Waals surface area (Å²) >= 11 is 11.8. The van der Waals surface area contributed by atoms with Gasteiger partial charge in [0.1, 0.15) is 11.5 Å². The highest BCUT2D eigenvalue weighted by molar-refractivity contribution is 6.42. The van der Waals surface area contributed by atoms with E-state index in [4.69, 9.17) is 23.2 Å². The Labute approximate surface area is 153 Å². The van der Waals surface area contributed by atoms with E-state index in [0.717, 1.165) is 0 Å². The molecule has 0 unspecified atom stereocenters. The molecule has 1 aromatic heterocycles. The molecule has 0 atom stereocenters. The second-order valence-corrected chi connectivity index (χ2v) is 5.93. The van der Waals surface area contributed by atoms with Crippen molar-refractivity contribution in [1.29, 1.82) is 0 Å². The number of hydrogen-bond donors (Lipinski definition) is 2.